The SMILES string of the molecule is CCCC(CC)CC(C(=O)O)C(CC(CC)CCC)(C(=O)O)S(=O)(=O)O.[H-].[Na+]. The summed E-state index contributed by atoms with van der Waals surface area (Å²) in [7, 11) is -5.14. The van der Waals surface area contributed by atoms with Gasteiger partial charge in [-0.05, 0) is 24.7 Å². The molecule has 156 valence electrons. The fraction of sp³-hybridized carbons (Fsp3) is 0.889. The molecule has 3 N–H and O–H groups in total. The Hall–Kier alpha value is -0.150. The van der Waals surface area contributed by atoms with Crippen LogP contribution in [0.25, 0.3) is 0 Å². The van der Waals surface area contributed by atoms with Gasteiger partial charge in [0, 0.05) is 0 Å². The molecule has 0 saturated heterocycles. The Morgan fingerprint density at radius 2 is 1.41 bits per heavy atom. The van der Waals surface area contributed by atoms with Crippen molar-refractivity contribution in [3.63, 3.8) is 0 Å². The summed E-state index contributed by atoms with van der Waals surface area (Å²) in [5, 5.41) is 19.5. The molecule has 0 amide bonds. The first-order chi connectivity index (χ1) is 12.0. The molecule has 27 heavy (non-hydrogen) atoms. The van der Waals surface area contributed by atoms with E-state index in [1.165, 1.54) is 0 Å². The molecule has 4 atom stereocenters. The van der Waals surface area contributed by atoms with Gasteiger partial charge in [-0.25, -0.2) is 0 Å². The second-order valence-corrected chi connectivity index (χ2v) is 8.80. The van der Waals surface area contributed by atoms with Gasteiger partial charge in [0.1, 0.15) is 0 Å². The number of carboxylic acids is 2. The van der Waals surface area contributed by atoms with Gasteiger partial charge in [-0.2, -0.15) is 8.42 Å². The van der Waals surface area contributed by atoms with E-state index >= 15 is 0 Å². The van der Waals surface area contributed by atoms with Crippen molar-refractivity contribution in [3.8, 4) is 0 Å². The molecule has 0 aromatic rings. The van der Waals surface area contributed by atoms with Crippen LogP contribution < -0.4 is 29.6 Å². The first-order valence-electron chi connectivity index (χ1n) is 9.44. The molecule has 0 fully saturated rings. The Kier molecular flexibility index (Phi) is 14.1. The van der Waals surface area contributed by atoms with Crippen molar-refractivity contribution in [2.75, 3.05) is 0 Å². The molecule has 0 bridgehead atoms. The summed E-state index contributed by atoms with van der Waals surface area (Å²) in [6, 6.07) is 0. The van der Waals surface area contributed by atoms with Gasteiger partial charge in [0.2, 0.25) is 4.75 Å². The maximum absolute atomic E-state index is 12.2. The molecule has 0 heterocycles. The van der Waals surface area contributed by atoms with Crippen molar-refractivity contribution in [2.45, 2.75) is 83.8 Å². The van der Waals surface area contributed by atoms with Crippen LogP contribution in [0.4, 0.5) is 0 Å². The summed E-state index contributed by atoms with van der Waals surface area (Å²) in [6.45, 7) is 7.49. The maximum atomic E-state index is 12.2. The zero-order valence-electron chi connectivity index (χ0n) is 18.3. The Bertz CT molecular complexity index is 570. The van der Waals surface area contributed by atoms with E-state index in [1.54, 1.807) is 6.92 Å². The van der Waals surface area contributed by atoms with E-state index in [0.717, 1.165) is 6.42 Å². The fourth-order valence-electron chi connectivity index (χ4n) is 3.78. The molecule has 7 nitrogen and oxygen atoms in total. The summed E-state index contributed by atoms with van der Waals surface area (Å²) in [5.74, 6) is -5.39. The molecular weight excluding hydrogens is 383 g/mol. The standard InChI is InChI=1S/C18H34O7S.Na.H/c1-5-9-13(7-3)11-15(16(19)20)18(17(21)22,26(23,24)25)12-14(8-4)10-6-2;;/h13-15H,5-12H2,1-4H3,(H,19,20)(H,21,22)(H,23,24,25);;/q;+1;-1. The van der Waals surface area contributed by atoms with Crippen LogP contribution in [0.1, 0.15) is 80.5 Å². The Morgan fingerprint density at radius 3 is 1.70 bits per heavy atom. The predicted octanol–water partition coefficient (Wildman–Crippen LogP) is 0.948. The third-order valence-electron chi connectivity index (χ3n) is 5.39. The van der Waals surface area contributed by atoms with E-state index in [0.29, 0.717) is 32.1 Å². The van der Waals surface area contributed by atoms with Crippen LogP contribution in [0.15, 0.2) is 0 Å². The van der Waals surface area contributed by atoms with E-state index in [9.17, 15) is 32.8 Å². The van der Waals surface area contributed by atoms with Gasteiger partial charge in [0.15, 0.2) is 0 Å². The Morgan fingerprint density at radius 1 is 0.963 bits per heavy atom. The number of hydrogen-bond donors (Lipinski definition) is 3. The molecule has 0 radical (unpaired) electrons. The largest absolute Gasteiger partial charge is 1.00 e. The van der Waals surface area contributed by atoms with Crippen LogP contribution in [-0.2, 0) is 19.7 Å². The smallest absolute Gasteiger partial charge is 1.00 e. The van der Waals surface area contributed by atoms with E-state index in [4.69, 9.17) is 0 Å². The van der Waals surface area contributed by atoms with Crippen molar-refractivity contribution in [1.29, 1.82) is 0 Å². The number of aliphatic carboxylic acids is 2. The second-order valence-electron chi connectivity index (χ2n) is 7.13. The van der Waals surface area contributed by atoms with Crippen LogP contribution >= 0.6 is 0 Å². The summed E-state index contributed by atoms with van der Waals surface area (Å²) in [6.07, 6.45) is 3.38. The summed E-state index contributed by atoms with van der Waals surface area (Å²) < 4.78 is 31.6. The monoisotopic (exact) mass is 418 g/mol. The molecule has 4 unspecified atom stereocenters. The molecular formula is C18H35NaO7S. The van der Waals surface area contributed by atoms with Crippen molar-refractivity contribution in [1.82, 2.24) is 0 Å². The van der Waals surface area contributed by atoms with Gasteiger partial charge in [-0.15, -0.1) is 0 Å². The van der Waals surface area contributed by atoms with Crippen LogP contribution in [-0.4, -0.2) is 39.9 Å². The third-order valence-corrected chi connectivity index (χ3v) is 6.94. The van der Waals surface area contributed by atoms with Crippen LogP contribution in [0, 0.1) is 17.8 Å². The van der Waals surface area contributed by atoms with Gasteiger partial charge in [0.05, 0.1) is 5.92 Å². The minimum absolute atomic E-state index is 0. The number of carbonyl (C=O) groups is 2. The van der Waals surface area contributed by atoms with Crippen molar-refractivity contribution < 1.29 is 63.8 Å². The summed E-state index contributed by atoms with van der Waals surface area (Å²) >= 11 is 0. The second kappa shape index (κ2) is 13.1. The average Bonchev–Trinajstić information content (AvgIpc) is 2.54. The van der Waals surface area contributed by atoms with Crippen LogP contribution in [0.5, 0.6) is 0 Å². The van der Waals surface area contributed by atoms with Crippen LogP contribution in [0.2, 0.25) is 0 Å². The van der Waals surface area contributed by atoms with E-state index in [2.05, 4.69) is 0 Å². The maximum Gasteiger partial charge on any atom is 1.00 e. The minimum atomic E-state index is -5.14. The molecule has 0 aliphatic heterocycles. The quantitative estimate of drug-likeness (QED) is 0.283. The zero-order valence-corrected chi connectivity index (χ0v) is 20.1. The zero-order chi connectivity index (χ0) is 20.5. The summed E-state index contributed by atoms with van der Waals surface area (Å²) in [4.78, 5) is 24.0. The van der Waals surface area contributed by atoms with Gasteiger partial charge in [0.25, 0.3) is 10.1 Å². The number of carboxylic acid groups (broad SMARTS) is 2. The number of rotatable bonds is 14. The van der Waals surface area contributed by atoms with E-state index in [-0.39, 0.29) is 49.2 Å². The van der Waals surface area contributed by atoms with Crippen molar-refractivity contribution >= 4 is 22.1 Å². The predicted molar refractivity (Wildman–Crippen MR) is 101 cm³/mol. The topological polar surface area (TPSA) is 129 Å². The first-order valence-corrected chi connectivity index (χ1v) is 10.9. The molecule has 0 rings (SSSR count). The van der Waals surface area contributed by atoms with Gasteiger partial charge in [-0.3, -0.25) is 14.1 Å². The van der Waals surface area contributed by atoms with Gasteiger partial charge in [-0.1, -0.05) is 66.2 Å². The van der Waals surface area contributed by atoms with E-state index < -0.39 is 39.1 Å². The fourth-order valence-corrected chi connectivity index (χ4v) is 5.01. The van der Waals surface area contributed by atoms with Gasteiger partial charge >= 0.3 is 41.5 Å². The first kappa shape index (κ1) is 29.1. The molecule has 0 aromatic carbocycles. The molecule has 0 aliphatic carbocycles. The average molecular weight is 419 g/mol. The molecule has 0 aliphatic rings. The Balaban J connectivity index is -0.00000312. The molecule has 9 heteroatoms. The number of hydrogen-bond acceptors (Lipinski definition) is 4. The summed E-state index contributed by atoms with van der Waals surface area (Å²) in [5.41, 5.74) is 0. The Labute approximate surface area is 186 Å². The minimum Gasteiger partial charge on any atom is -1.00 e. The van der Waals surface area contributed by atoms with E-state index in [1.807, 2.05) is 20.8 Å². The molecule has 0 aromatic heterocycles. The molecule has 0 spiro atoms. The van der Waals surface area contributed by atoms with Crippen molar-refractivity contribution in [2.24, 2.45) is 17.8 Å². The molecule has 0 saturated carbocycles. The normalized spacial score (nSPS) is 17.2. The van der Waals surface area contributed by atoms with Crippen molar-refractivity contribution in [3.05, 3.63) is 0 Å². The third kappa shape index (κ3) is 7.65. The van der Waals surface area contributed by atoms with Gasteiger partial charge < -0.3 is 11.6 Å². The van der Waals surface area contributed by atoms with Crippen LogP contribution in [0.3, 0.4) is 0 Å².